The van der Waals surface area contributed by atoms with E-state index in [1.165, 1.54) is 4.90 Å². The lowest BCUT2D eigenvalue weighted by molar-refractivity contribution is -0.130. The van der Waals surface area contributed by atoms with Gasteiger partial charge in [0.1, 0.15) is 6.54 Å². The number of carbonyl (C=O) groups is 3. The fourth-order valence-electron chi connectivity index (χ4n) is 3.67. The first-order chi connectivity index (χ1) is 13.5. The quantitative estimate of drug-likeness (QED) is 0.643. The van der Waals surface area contributed by atoms with Gasteiger partial charge >= 0.3 is 0 Å². The predicted octanol–water partition coefficient (Wildman–Crippen LogP) is 4.08. The summed E-state index contributed by atoms with van der Waals surface area (Å²) in [6.07, 6.45) is 5.77. The summed E-state index contributed by atoms with van der Waals surface area (Å²) in [6.45, 7) is 4.05. The van der Waals surface area contributed by atoms with Gasteiger partial charge < -0.3 is 9.47 Å². The lowest BCUT2D eigenvalue weighted by atomic mass is 10.1. The number of likely N-dealkylation sites (N-methyl/N-ethyl adjacent to an activating group) is 1. The number of rotatable bonds is 4. The molecule has 28 heavy (non-hydrogen) atoms. The third-order valence-corrected chi connectivity index (χ3v) is 6.52. The number of halogens is 1. The van der Waals surface area contributed by atoms with Crippen LogP contribution in [0.2, 0.25) is 0 Å². The topological polar surface area (TPSA) is 62.6 Å². The van der Waals surface area contributed by atoms with Crippen LogP contribution < -0.4 is 0 Å². The highest BCUT2D eigenvalue weighted by atomic mass is 79.9. The summed E-state index contributed by atoms with van der Waals surface area (Å²) in [5.74, 6) is -0.156. The van der Waals surface area contributed by atoms with Gasteiger partial charge in [-0.2, -0.15) is 0 Å². The normalized spacial score (nSPS) is 18.9. The molecular weight excluding hydrogens is 442 g/mol. The van der Waals surface area contributed by atoms with Crippen molar-refractivity contribution in [1.82, 2.24) is 14.4 Å². The van der Waals surface area contributed by atoms with Gasteiger partial charge in [0.15, 0.2) is 0 Å². The third kappa shape index (κ3) is 3.51. The molecule has 2 aromatic rings. The van der Waals surface area contributed by atoms with Gasteiger partial charge in [-0.15, -0.1) is 0 Å². The summed E-state index contributed by atoms with van der Waals surface area (Å²) in [6, 6.07) is 5.88. The summed E-state index contributed by atoms with van der Waals surface area (Å²) in [5, 5.41) is 0.694. The number of thioether (sulfide) groups is 1. The minimum absolute atomic E-state index is 0.107. The largest absolute Gasteiger partial charge is 0.341 e. The standard InChI is InChI=1S/C20H20BrN3O3S/c1-2-24-19(26)17(28-20(24)27)9-13-11-23(12-18(25)22-7-3-4-8-22)16-6-5-14(21)10-15(13)16/h5-6,9-11H,2-4,7-8,12H2,1H3/b17-9-. The number of nitrogens with zero attached hydrogens (tertiary/aromatic N) is 3. The second-order valence-corrected chi connectivity index (χ2v) is 8.80. The molecule has 0 N–H and O–H groups in total. The smallest absolute Gasteiger partial charge is 0.293 e. The molecule has 4 rings (SSSR count). The summed E-state index contributed by atoms with van der Waals surface area (Å²) in [7, 11) is 0. The Morgan fingerprint density at radius 1 is 1.25 bits per heavy atom. The molecule has 3 heterocycles. The SMILES string of the molecule is CCN1C(=O)S/C(=C\c2cn(CC(=O)N3CCCC3)c3ccc(Br)cc23)C1=O. The second-order valence-electron chi connectivity index (χ2n) is 6.89. The molecule has 2 fully saturated rings. The van der Waals surface area contributed by atoms with E-state index in [4.69, 9.17) is 0 Å². The van der Waals surface area contributed by atoms with Crippen LogP contribution in [0.1, 0.15) is 25.3 Å². The zero-order valence-electron chi connectivity index (χ0n) is 15.5. The summed E-state index contributed by atoms with van der Waals surface area (Å²) < 4.78 is 2.85. The molecule has 0 radical (unpaired) electrons. The van der Waals surface area contributed by atoms with Crippen molar-refractivity contribution >= 4 is 61.7 Å². The Morgan fingerprint density at radius 2 is 2.00 bits per heavy atom. The van der Waals surface area contributed by atoms with Crippen LogP contribution in [-0.2, 0) is 16.1 Å². The number of imide groups is 1. The fourth-order valence-corrected chi connectivity index (χ4v) is 4.92. The minimum Gasteiger partial charge on any atom is -0.341 e. The number of fused-ring (bicyclic) bond motifs is 1. The van der Waals surface area contributed by atoms with Crippen LogP contribution in [0, 0.1) is 0 Å². The van der Waals surface area contributed by atoms with Crippen LogP contribution in [0.25, 0.3) is 17.0 Å². The third-order valence-electron chi connectivity index (χ3n) is 5.11. The van der Waals surface area contributed by atoms with Crippen LogP contribution in [0.15, 0.2) is 33.8 Å². The highest BCUT2D eigenvalue weighted by Crippen LogP contribution is 2.34. The summed E-state index contributed by atoms with van der Waals surface area (Å²) >= 11 is 4.46. The number of aromatic nitrogens is 1. The first-order valence-corrected chi connectivity index (χ1v) is 10.9. The minimum atomic E-state index is -0.262. The molecule has 3 amide bonds. The van der Waals surface area contributed by atoms with Crippen molar-refractivity contribution in [3.05, 3.63) is 39.3 Å². The Bertz CT molecular complexity index is 1010. The maximum atomic E-state index is 12.6. The van der Waals surface area contributed by atoms with E-state index in [-0.39, 0.29) is 23.6 Å². The van der Waals surface area contributed by atoms with Gasteiger partial charge in [0.05, 0.1) is 4.91 Å². The van der Waals surface area contributed by atoms with E-state index in [0.717, 1.165) is 58.6 Å². The molecule has 0 atom stereocenters. The Kier molecular flexibility index (Phi) is 5.33. The Hall–Kier alpha value is -2.06. The number of carbonyl (C=O) groups excluding carboxylic acids is 3. The molecular formula is C20H20BrN3O3S. The highest BCUT2D eigenvalue weighted by molar-refractivity contribution is 9.10. The number of amides is 3. The van der Waals surface area contributed by atoms with Crippen molar-refractivity contribution in [2.75, 3.05) is 19.6 Å². The zero-order valence-corrected chi connectivity index (χ0v) is 17.9. The van der Waals surface area contributed by atoms with Gasteiger partial charge in [-0.05, 0) is 55.8 Å². The molecule has 2 saturated heterocycles. The first-order valence-electron chi connectivity index (χ1n) is 9.29. The molecule has 1 aromatic carbocycles. The fraction of sp³-hybridized carbons (Fsp3) is 0.350. The van der Waals surface area contributed by atoms with E-state index < -0.39 is 0 Å². The average molecular weight is 462 g/mol. The van der Waals surface area contributed by atoms with Crippen LogP contribution in [-0.4, -0.2) is 51.1 Å². The molecule has 0 spiro atoms. The zero-order chi connectivity index (χ0) is 19.8. The molecule has 1 aromatic heterocycles. The summed E-state index contributed by atoms with van der Waals surface area (Å²) in [4.78, 5) is 40.6. The van der Waals surface area contributed by atoms with Gasteiger partial charge in [0, 0.05) is 46.8 Å². The number of benzene rings is 1. The van der Waals surface area contributed by atoms with Gasteiger partial charge in [-0.1, -0.05) is 15.9 Å². The highest BCUT2D eigenvalue weighted by Gasteiger charge is 2.34. The molecule has 0 aliphatic carbocycles. The second kappa shape index (κ2) is 7.75. The van der Waals surface area contributed by atoms with Crippen LogP contribution >= 0.6 is 27.7 Å². The lowest BCUT2D eigenvalue weighted by Crippen LogP contribution is -2.30. The number of hydrogen-bond donors (Lipinski definition) is 0. The van der Waals surface area contributed by atoms with E-state index in [0.29, 0.717) is 11.4 Å². The van der Waals surface area contributed by atoms with E-state index in [9.17, 15) is 14.4 Å². The number of likely N-dealkylation sites (tertiary alicyclic amines) is 1. The molecule has 2 aliphatic heterocycles. The molecule has 146 valence electrons. The molecule has 0 saturated carbocycles. The molecule has 0 bridgehead atoms. The molecule has 8 heteroatoms. The average Bonchev–Trinajstić information content (AvgIpc) is 3.36. The predicted molar refractivity (Wildman–Crippen MR) is 114 cm³/mol. The molecule has 2 aliphatic rings. The summed E-state index contributed by atoms with van der Waals surface area (Å²) in [5.41, 5.74) is 1.75. The van der Waals surface area contributed by atoms with Crippen molar-refractivity contribution in [1.29, 1.82) is 0 Å². The van der Waals surface area contributed by atoms with Crippen LogP contribution in [0.3, 0.4) is 0 Å². The Balaban J connectivity index is 1.71. The van der Waals surface area contributed by atoms with E-state index in [2.05, 4.69) is 15.9 Å². The van der Waals surface area contributed by atoms with Crippen molar-refractivity contribution in [2.45, 2.75) is 26.3 Å². The van der Waals surface area contributed by atoms with Crippen molar-refractivity contribution < 1.29 is 14.4 Å². The van der Waals surface area contributed by atoms with E-state index >= 15 is 0 Å². The number of hydrogen-bond acceptors (Lipinski definition) is 4. The van der Waals surface area contributed by atoms with Crippen LogP contribution in [0.5, 0.6) is 0 Å². The maximum absolute atomic E-state index is 12.6. The van der Waals surface area contributed by atoms with Gasteiger partial charge in [-0.25, -0.2) is 0 Å². The monoisotopic (exact) mass is 461 g/mol. The van der Waals surface area contributed by atoms with E-state index in [1.807, 2.05) is 33.9 Å². The van der Waals surface area contributed by atoms with Gasteiger partial charge in [0.25, 0.3) is 11.1 Å². The van der Waals surface area contributed by atoms with Crippen molar-refractivity contribution in [2.24, 2.45) is 0 Å². The van der Waals surface area contributed by atoms with Gasteiger partial charge in [-0.3, -0.25) is 19.3 Å². The maximum Gasteiger partial charge on any atom is 0.293 e. The first kappa shape index (κ1) is 19.3. The Labute approximate surface area is 175 Å². The molecule has 0 unspecified atom stereocenters. The lowest BCUT2D eigenvalue weighted by Gasteiger charge is -2.16. The van der Waals surface area contributed by atoms with Crippen molar-refractivity contribution in [3.8, 4) is 0 Å². The van der Waals surface area contributed by atoms with Crippen LogP contribution in [0.4, 0.5) is 4.79 Å². The van der Waals surface area contributed by atoms with Crippen molar-refractivity contribution in [3.63, 3.8) is 0 Å². The Morgan fingerprint density at radius 3 is 2.68 bits per heavy atom. The van der Waals surface area contributed by atoms with Gasteiger partial charge in [0.2, 0.25) is 5.91 Å². The molecule has 6 nitrogen and oxygen atoms in total. The van der Waals surface area contributed by atoms with E-state index in [1.54, 1.807) is 13.0 Å².